The molecule has 4 heteroatoms. The number of benzene rings is 1. The maximum Gasteiger partial charge on any atom is 0.321 e. The number of carbonyl (C=O) groups excluding carboxylic acids is 1. The first-order valence-corrected chi connectivity index (χ1v) is 7.56. The zero-order valence-corrected chi connectivity index (χ0v) is 12.0. The van der Waals surface area contributed by atoms with Crippen molar-refractivity contribution in [1.82, 2.24) is 0 Å². The lowest BCUT2D eigenvalue weighted by Gasteiger charge is -2.13. The van der Waals surface area contributed by atoms with Gasteiger partial charge in [0.15, 0.2) is 0 Å². The summed E-state index contributed by atoms with van der Waals surface area (Å²) in [5, 5.41) is -0.523. The van der Waals surface area contributed by atoms with E-state index in [1.165, 1.54) is 0 Å². The van der Waals surface area contributed by atoms with Crippen LogP contribution in [0.3, 0.4) is 0 Å². The first-order chi connectivity index (χ1) is 8.58. The molecule has 0 saturated carbocycles. The fraction of sp³-hybridized carbons (Fsp3) is 0.500. The van der Waals surface area contributed by atoms with E-state index in [9.17, 15) is 9.00 Å². The van der Waals surface area contributed by atoms with Crippen LogP contribution >= 0.6 is 0 Å². The Morgan fingerprint density at radius 3 is 2.67 bits per heavy atom. The van der Waals surface area contributed by atoms with Gasteiger partial charge >= 0.3 is 5.97 Å². The average Bonchev–Trinajstić information content (AvgIpc) is 2.30. The normalized spacial score (nSPS) is 13.9. The topological polar surface area (TPSA) is 43.4 Å². The van der Waals surface area contributed by atoms with E-state index >= 15 is 0 Å². The molecule has 0 fully saturated rings. The highest BCUT2D eigenvalue weighted by atomic mass is 32.2. The van der Waals surface area contributed by atoms with Gasteiger partial charge < -0.3 is 4.74 Å². The van der Waals surface area contributed by atoms with E-state index in [1.54, 1.807) is 6.92 Å². The molecule has 0 heterocycles. The van der Waals surface area contributed by atoms with Crippen molar-refractivity contribution in [2.24, 2.45) is 0 Å². The zero-order valence-electron chi connectivity index (χ0n) is 11.1. The zero-order chi connectivity index (χ0) is 13.5. The Morgan fingerprint density at radius 2 is 2.11 bits per heavy atom. The van der Waals surface area contributed by atoms with Gasteiger partial charge in [0.05, 0.1) is 6.61 Å². The molecular weight excluding hydrogens is 248 g/mol. The molecular formula is C14H20O3S. The number of rotatable bonds is 6. The van der Waals surface area contributed by atoms with Crippen molar-refractivity contribution in [2.75, 3.05) is 6.61 Å². The van der Waals surface area contributed by atoms with Gasteiger partial charge in [-0.3, -0.25) is 9.00 Å². The van der Waals surface area contributed by atoms with Crippen LogP contribution in [0.25, 0.3) is 0 Å². The van der Waals surface area contributed by atoms with Crippen LogP contribution in [-0.4, -0.2) is 22.0 Å². The largest absolute Gasteiger partial charge is 0.465 e. The fourth-order valence-corrected chi connectivity index (χ4v) is 3.13. The van der Waals surface area contributed by atoms with Crippen LogP contribution in [0.1, 0.15) is 31.4 Å². The molecule has 18 heavy (non-hydrogen) atoms. The van der Waals surface area contributed by atoms with Crippen LogP contribution in [0.4, 0.5) is 0 Å². The summed E-state index contributed by atoms with van der Waals surface area (Å²) in [7, 11) is -1.22. The number of hydrogen-bond acceptors (Lipinski definition) is 3. The van der Waals surface area contributed by atoms with Gasteiger partial charge in [-0.2, -0.15) is 0 Å². The minimum atomic E-state index is -1.22. The molecule has 0 saturated heterocycles. The van der Waals surface area contributed by atoms with E-state index in [-0.39, 0.29) is 5.97 Å². The molecule has 0 amide bonds. The average molecular weight is 268 g/mol. The van der Waals surface area contributed by atoms with Crippen LogP contribution in [0.2, 0.25) is 0 Å². The van der Waals surface area contributed by atoms with Crippen LogP contribution in [-0.2, 0) is 26.1 Å². The highest BCUT2D eigenvalue weighted by molar-refractivity contribution is 7.85. The summed E-state index contributed by atoms with van der Waals surface area (Å²) in [6, 6.07) is 7.86. The number of esters is 1. The monoisotopic (exact) mass is 268 g/mol. The third kappa shape index (κ3) is 4.26. The SMILES string of the molecule is CCOC(=O)C(CC)S(=O)Cc1cccc(C)c1. The molecule has 100 valence electrons. The molecule has 1 aromatic rings. The van der Waals surface area contributed by atoms with Gasteiger partial charge in [0.1, 0.15) is 5.25 Å². The Morgan fingerprint density at radius 1 is 1.39 bits per heavy atom. The van der Waals surface area contributed by atoms with Crippen LogP contribution in [0.15, 0.2) is 24.3 Å². The smallest absolute Gasteiger partial charge is 0.321 e. The molecule has 0 aliphatic rings. The fourth-order valence-electron chi connectivity index (χ4n) is 1.76. The van der Waals surface area contributed by atoms with E-state index in [0.717, 1.165) is 11.1 Å². The Labute approximate surface area is 111 Å². The predicted molar refractivity (Wildman–Crippen MR) is 73.7 cm³/mol. The quantitative estimate of drug-likeness (QED) is 0.745. The lowest BCUT2D eigenvalue weighted by molar-refractivity contribution is -0.142. The molecule has 0 radical (unpaired) electrons. The van der Waals surface area contributed by atoms with E-state index in [1.807, 2.05) is 38.1 Å². The van der Waals surface area contributed by atoms with Crippen molar-refractivity contribution in [3.05, 3.63) is 35.4 Å². The van der Waals surface area contributed by atoms with Gasteiger partial charge in [-0.25, -0.2) is 0 Å². The molecule has 3 nitrogen and oxygen atoms in total. The van der Waals surface area contributed by atoms with Crippen molar-refractivity contribution < 1.29 is 13.7 Å². The van der Waals surface area contributed by atoms with Crippen molar-refractivity contribution in [3.8, 4) is 0 Å². The van der Waals surface area contributed by atoms with Gasteiger partial charge in [0.2, 0.25) is 0 Å². The Balaban J connectivity index is 2.71. The van der Waals surface area contributed by atoms with Gasteiger partial charge in [0, 0.05) is 16.6 Å². The summed E-state index contributed by atoms with van der Waals surface area (Å²) in [5.41, 5.74) is 2.13. The van der Waals surface area contributed by atoms with Crippen molar-refractivity contribution in [3.63, 3.8) is 0 Å². The van der Waals surface area contributed by atoms with E-state index < -0.39 is 16.0 Å². The second-order valence-corrected chi connectivity index (χ2v) is 5.78. The standard InChI is InChI=1S/C14H20O3S/c1-4-13(14(15)17-5-2)18(16)10-12-8-6-7-11(3)9-12/h6-9,13H,4-5,10H2,1-3H3. The lowest BCUT2D eigenvalue weighted by Crippen LogP contribution is -2.28. The van der Waals surface area contributed by atoms with E-state index in [0.29, 0.717) is 18.8 Å². The third-order valence-corrected chi connectivity index (χ3v) is 4.41. The summed E-state index contributed by atoms with van der Waals surface area (Å²) in [5.74, 6) is 0.0462. The molecule has 0 aliphatic carbocycles. The summed E-state index contributed by atoms with van der Waals surface area (Å²) < 4.78 is 17.1. The molecule has 0 bridgehead atoms. The van der Waals surface area contributed by atoms with E-state index in [2.05, 4.69) is 0 Å². The van der Waals surface area contributed by atoms with Gasteiger partial charge in [-0.1, -0.05) is 36.8 Å². The van der Waals surface area contributed by atoms with Crippen LogP contribution < -0.4 is 0 Å². The summed E-state index contributed by atoms with van der Waals surface area (Å²) in [6.45, 7) is 5.94. The lowest BCUT2D eigenvalue weighted by atomic mass is 10.2. The third-order valence-electron chi connectivity index (χ3n) is 2.63. The van der Waals surface area contributed by atoms with E-state index in [4.69, 9.17) is 4.74 Å². The first-order valence-electron chi connectivity index (χ1n) is 6.17. The molecule has 2 unspecified atom stereocenters. The number of aryl methyl sites for hydroxylation is 1. The summed E-state index contributed by atoms with van der Waals surface area (Å²) >= 11 is 0. The van der Waals surface area contributed by atoms with Gasteiger partial charge in [-0.05, 0) is 25.8 Å². The molecule has 2 atom stereocenters. The summed E-state index contributed by atoms with van der Waals surface area (Å²) in [6.07, 6.45) is 0.539. The van der Waals surface area contributed by atoms with Crippen LogP contribution in [0, 0.1) is 6.92 Å². The van der Waals surface area contributed by atoms with Gasteiger partial charge in [0.25, 0.3) is 0 Å². The second-order valence-electron chi connectivity index (χ2n) is 4.16. The molecule has 0 aromatic heterocycles. The second kappa shape index (κ2) is 7.31. The Bertz CT molecular complexity index is 429. The molecule has 1 rings (SSSR count). The number of carbonyl (C=O) groups is 1. The molecule has 0 N–H and O–H groups in total. The number of hydrogen-bond donors (Lipinski definition) is 0. The maximum absolute atomic E-state index is 12.2. The van der Waals surface area contributed by atoms with Crippen molar-refractivity contribution >= 4 is 16.8 Å². The number of ether oxygens (including phenoxy) is 1. The highest BCUT2D eigenvalue weighted by Gasteiger charge is 2.24. The maximum atomic E-state index is 12.2. The Hall–Kier alpha value is -1.16. The van der Waals surface area contributed by atoms with Crippen molar-refractivity contribution in [2.45, 2.75) is 38.2 Å². The highest BCUT2D eigenvalue weighted by Crippen LogP contribution is 2.12. The van der Waals surface area contributed by atoms with Gasteiger partial charge in [-0.15, -0.1) is 0 Å². The minimum absolute atomic E-state index is 0.330. The van der Waals surface area contributed by atoms with Crippen LogP contribution in [0.5, 0.6) is 0 Å². The molecule has 0 aliphatic heterocycles. The molecule has 0 spiro atoms. The first kappa shape index (κ1) is 14.9. The minimum Gasteiger partial charge on any atom is -0.465 e. The molecule has 1 aromatic carbocycles. The predicted octanol–water partition coefficient (Wildman–Crippen LogP) is 2.59. The Kier molecular flexibility index (Phi) is 6.05. The van der Waals surface area contributed by atoms with Crippen molar-refractivity contribution in [1.29, 1.82) is 0 Å². The summed E-state index contributed by atoms with van der Waals surface area (Å²) in [4.78, 5) is 11.7.